The summed E-state index contributed by atoms with van der Waals surface area (Å²) in [4.78, 5) is 27.0. The average Bonchev–Trinajstić information content (AvgIpc) is 3.09. The number of hydrogen-bond donors (Lipinski definition) is 1. The minimum absolute atomic E-state index is 0.0289. The van der Waals surface area contributed by atoms with E-state index in [4.69, 9.17) is 9.84 Å². The summed E-state index contributed by atoms with van der Waals surface area (Å²) < 4.78 is 6.86. The summed E-state index contributed by atoms with van der Waals surface area (Å²) in [5, 5.41) is 7.70. The SMILES string of the molecule is COCCN(CC(=O)Nc1cc(C(C)(C)C)nn1-c1ccc(C)cc1)C(=O)CC(C)C. The molecule has 0 aliphatic heterocycles. The number of nitrogens with one attached hydrogen (secondary N) is 1. The van der Waals surface area contributed by atoms with Crippen molar-refractivity contribution in [2.45, 2.75) is 53.4 Å². The van der Waals surface area contributed by atoms with Crippen LogP contribution in [-0.2, 0) is 19.7 Å². The number of aromatic nitrogens is 2. The highest BCUT2D eigenvalue weighted by molar-refractivity contribution is 5.94. The van der Waals surface area contributed by atoms with Gasteiger partial charge in [0.2, 0.25) is 11.8 Å². The van der Waals surface area contributed by atoms with Gasteiger partial charge in [0.1, 0.15) is 5.82 Å². The van der Waals surface area contributed by atoms with Gasteiger partial charge in [-0.05, 0) is 25.0 Å². The number of rotatable bonds is 9. The summed E-state index contributed by atoms with van der Waals surface area (Å²) in [5.74, 6) is 0.492. The zero-order valence-electron chi connectivity index (χ0n) is 19.9. The molecule has 0 saturated carbocycles. The molecule has 2 rings (SSSR count). The molecule has 1 aromatic carbocycles. The van der Waals surface area contributed by atoms with E-state index in [2.05, 4.69) is 26.1 Å². The lowest BCUT2D eigenvalue weighted by Crippen LogP contribution is -2.40. The maximum absolute atomic E-state index is 12.9. The highest BCUT2D eigenvalue weighted by Crippen LogP contribution is 2.26. The van der Waals surface area contributed by atoms with Gasteiger partial charge < -0.3 is 15.0 Å². The summed E-state index contributed by atoms with van der Waals surface area (Å²) in [5.41, 5.74) is 2.71. The Balaban J connectivity index is 2.26. The van der Waals surface area contributed by atoms with Gasteiger partial charge in [-0.2, -0.15) is 5.10 Å². The van der Waals surface area contributed by atoms with Gasteiger partial charge >= 0.3 is 0 Å². The Morgan fingerprint density at radius 2 is 1.84 bits per heavy atom. The number of carbonyl (C=O) groups is 2. The van der Waals surface area contributed by atoms with Gasteiger partial charge in [-0.3, -0.25) is 9.59 Å². The first-order valence-electron chi connectivity index (χ1n) is 10.8. The summed E-state index contributed by atoms with van der Waals surface area (Å²) in [6, 6.07) is 9.86. The Labute approximate surface area is 185 Å². The van der Waals surface area contributed by atoms with Crippen LogP contribution in [0.1, 0.15) is 52.3 Å². The van der Waals surface area contributed by atoms with Crippen LogP contribution in [0.15, 0.2) is 30.3 Å². The summed E-state index contributed by atoms with van der Waals surface area (Å²) in [6.07, 6.45) is 0.395. The summed E-state index contributed by atoms with van der Waals surface area (Å²) in [6.45, 7) is 13.0. The monoisotopic (exact) mass is 428 g/mol. The van der Waals surface area contributed by atoms with Crippen molar-refractivity contribution in [3.63, 3.8) is 0 Å². The maximum atomic E-state index is 12.9. The first-order valence-corrected chi connectivity index (χ1v) is 10.8. The van der Waals surface area contributed by atoms with Crippen molar-refractivity contribution in [3.8, 4) is 5.69 Å². The fourth-order valence-electron chi connectivity index (χ4n) is 3.05. The number of methoxy groups -OCH3 is 1. The third kappa shape index (κ3) is 7.21. The van der Waals surface area contributed by atoms with Gasteiger partial charge in [-0.25, -0.2) is 4.68 Å². The third-order valence-electron chi connectivity index (χ3n) is 4.86. The predicted octanol–water partition coefficient (Wildman–Crippen LogP) is 3.94. The Hall–Kier alpha value is -2.67. The molecule has 0 aliphatic rings. The number of benzene rings is 1. The quantitative estimate of drug-likeness (QED) is 0.656. The molecule has 170 valence electrons. The van der Waals surface area contributed by atoms with E-state index in [1.807, 2.05) is 51.1 Å². The van der Waals surface area contributed by atoms with E-state index in [0.717, 1.165) is 16.9 Å². The molecule has 2 amide bonds. The number of anilines is 1. The summed E-state index contributed by atoms with van der Waals surface area (Å²) in [7, 11) is 1.58. The zero-order valence-corrected chi connectivity index (χ0v) is 19.9. The second-order valence-corrected chi connectivity index (χ2v) is 9.37. The molecule has 1 N–H and O–H groups in total. The molecule has 1 heterocycles. The second-order valence-electron chi connectivity index (χ2n) is 9.37. The minimum Gasteiger partial charge on any atom is -0.383 e. The smallest absolute Gasteiger partial charge is 0.245 e. The predicted molar refractivity (Wildman–Crippen MR) is 124 cm³/mol. The van der Waals surface area contributed by atoms with E-state index >= 15 is 0 Å². The molecule has 0 aliphatic carbocycles. The normalized spacial score (nSPS) is 11.6. The van der Waals surface area contributed by atoms with E-state index in [0.29, 0.717) is 25.4 Å². The van der Waals surface area contributed by atoms with Crippen molar-refractivity contribution in [2.24, 2.45) is 5.92 Å². The van der Waals surface area contributed by atoms with Crippen LogP contribution in [0.5, 0.6) is 0 Å². The molecule has 1 aromatic heterocycles. The molecule has 7 heteroatoms. The van der Waals surface area contributed by atoms with Crippen molar-refractivity contribution in [1.29, 1.82) is 0 Å². The summed E-state index contributed by atoms with van der Waals surface area (Å²) >= 11 is 0. The molecule has 0 radical (unpaired) electrons. The van der Waals surface area contributed by atoms with Crippen LogP contribution < -0.4 is 5.32 Å². The number of aryl methyl sites for hydroxylation is 1. The Morgan fingerprint density at radius 1 is 1.19 bits per heavy atom. The Kier molecular flexibility index (Phi) is 8.39. The van der Waals surface area contributed by atoms with Crippen molar-refractivity contribution < 1.29 is 14.3 Å². The molecule has 0 spiro atoms. The largest absolute Gasteiger partial charge is 0.383 e. The molecule has 0 bridgehead atoms. The Bertz CT molecular complexity index is 879. The van der Waals surface area contributed by atoms with Crippen LogP contribution >= 0.6 is 0 Å². The van der Waals surface area contributed by atoms with Crippen LogP contribution in [-0.4, -0.2) is 53.3 Å². The molecule has 0 fully saturated rings. The van der Waals surface area contributed by atoms with Crippen LogP contribution in [0, 0.1) is 12.8 Å². The van der Waals surface area contributed by atoms with Gasteiger partial charge in [0.05, 0.1) is 24.5 Å². The van der Waals surface area contributed by atoms with E-state index in [-0.39, 0.29) is 29.7 Å². The number of nitrogens with zero attached hydrogens (tertiary/aromatic N) is 3. The molecular weight excluding hydrogens is 392 g/mol. The molecular formula is C24H36N4O3. The lowest BCUT2D eigenvalue weighted by Gasteiger charge is -2.23. The zero-order chi connectivity index (χ0) is 23.2. The molecule has 0 atom stereocenters. The molecule has 0 saturated heterocycles. The standard InChI is InChI=1S/C24H36N4O3/c1-17(2)14-23(30)27(12-13-31-7)16-22(29)25-21-15-20(24(4,5)6)26-28(21)19-10-8-18(3)9-11-19/h8-11,15,17H,12-14,16H2,1-7H3,(H,25,29). The topological polar surface area (TPSA) is 76.5 Å². The number of amides is 2. The molecule has 0 unspecified atom stereocenters. The number of carbonyl (C=O) groups excluding carboxylic acids is 2. The van der Waals surface area contributed by atoms with Gasteiger partial charge in [0.25, 0.3) is 0 Å². The van der Waals surface area contributed by atoms with Crippen LogP contribution in [0.4, 0.5) is 5.82 Å². The van der Waals surface area contributed by atoms with Crippen molar-refractivity contribution in [1.82, 2.24) is 14.7 Å². The first kappa shape index (κ1) is 24.6. The van der Waals surface area contributed by atoms with Gasteiger partial charge in [0.15, 0.2) is 0 Å². The third-order valence-corrected chi connectivity index (χ3v) is 4.86. The fraction of sp³-hybridized carbons (Fsp3) is 0.542. The van der Waals surface area contributed by atoms with Gasteiger partial charge in [-0.15, -0.1) is 0 Å². The van der Waals surface area contributed by atoms with Gasteiger partial charge in [0, 0.05) is 31.6 Å². The Morgan fingerprint density at radius 3 is 2.39 bits per heavy atom. The van der Waals surface area contributed by atoms with E-state index in [1.165, 1.54) is 0 Å². The lowest BCUT2D eigenvalue weighted by molar-refractivity contribution is -0.136. The first-order chi connectivity index (χ1) is 14.5. The van der Waals surface area contributed by atoms with E-state index in [1.54, 1.807) is 16.7 Å². The van der Waals surface area contributed by atoms with Gasteiger partial charge in [-0.1, -0.05) is 52.3 Å². The average molecular weight is 429 g/mol. The van der Waals surface area contributed by atoms with Crippen LogP contribution in [0.2, 0.25) is 0 Å². The minimum atomic E-state index is -0.262. The van der Waals surface area contributed by atoms with Crippen LogP contribution in [0.3, 0.4) is 0 Å². The van der Waals surface area contributed by atoms with Crippen molar-refractivity contribution in [3.05, 3.63) is 41.6 Å². The molecule has 2 aromatic rings. The fourth-order valence-corrected chi connectivity index (χ4v) is 3.05. The van der Waals surface area contributed by atoms with Crippen LogP contribution in [0.25, 0.3) is 5.69 Å². The highest BCUT2D eigenvalue weighted by atomic mass is 16.5. The lowest BCUT2D eigenvalue weighted by atomic mass is 9.92. The van der Waals surface area contributed by atoms with Crippen molar-refractivity contribution in [2.75, 3.05) is 32.1 Å². The second kappa shape index (κ2) is 10.6. The number of hydrogen-bond acceptors (Lipinski definition) is 4. The van der Waals surface area contributed by atoms with E-state index in [9.17, 15) is 9.59 Å². The number of ether oxygens (including phenoxy) is 1. The molecule has 31 heavy (non-hydrogen) atoms. The maximum Gasteiger partial charge on any atom is 0.245 e. The highest BCUT2D eigenvalue weighted by Gasteiger charge is 2.23. The van der Waals surface area contributed by atoms with E-state index < -0.39 is 0 Å². The molecule has 7 nitrogen and oxygen atoms in total. The van der Waals surface area contributed by atoms with Crippen molar-refractivity contribution >= 4 is 17.6 Å².